The molecule has 25 heavy (non-hydrogen) atoms. The predicted octanol–water partition coefficient (Wildman–Crippen LogP) is 2.06. The molecule has 0 radical (unpaired) electrons. The molecule has 2 aromatic heterocycles. The number of hydrogen-bond donors (Lipinski definition) is 2. The van der Waals surface area contributed by atoms with Crippen molar-refractivity contribution in [1.82, 2.24) is 14.9 Å². The highest BCUT2D eigenvalue weighted by atomic mass is 16.1. The molecule has 5 nitrogen and oxygen atoms in total. The molecule has 1 fully saturated rings. The Balaban J connectivity index is 1.67. The topological polar surface area (TPSA) is 66.9 Å². The van der Waals surface area contributed by atoms with Crippen molar-refractivity contribution in [3.8, 4) is 11.1 Å². The molecular formula is C20H19N3O2. The molecular weight excluding hydrogens is 314 g/mol. The maximum Gasteiger partial charge on any atom is 0.255 e. The first-order valence-electron chi connectivity index (χ1n) is 8.76. The van der Waals surface area contributed by atoms with Crippen LogP contribution >= 0.6 is 0 Å². The zero-order valence-corrected chi connectivity index (χ0v) is 13.8. The van der Waals surface area contributed by atoms with Crippen LogP contribution in [0.15, 0.2) is 52.2 Å². The van der Waals surface area contributed by atoms with Crippen molar-refractivity contribution >= 4 is 10.8 Å². The van der Waals surface area contributed by atoms with Gasteiger partial charge in [-0.15, -0.1) is 0 Å². The minimum Gasteiger partial charge on any atom is -0.329 e. The van der Waals surface area contributed by atoms with E-state index in [9.17, 15) is 9.59 Å². The lowest BCUT2D eigenvalue weighted by Crippen LogP contribution is -2.44. The second-order valence-electron chi connectivity index (χ2n) is 7.18. The molecule has 5 rings (SSSR count). The van der Waals surface area contributed by atoms with Crippen LogP contribution in [-0.4, -0.2) is 22.6 Å². The summed E-state index contributed by atoms with van der Waals surface area (Å²) in [5.41, 5.74) is 3.04. The Kier molecular flexibility index (Phi) is 3.18. The highest BCUT2D eigenvalue weighted by molar-refractivity contribution is 5.86. The smallest absolute Gasteiger partial charge is 0.255 e. The second kappa shape index (κ2) is 5.43. The Hall–Kier alpha value is -2.66. The van der Waals surface area contributed by atoms with Gasteiger partial charge in [0.15, 0.2) is 0 Å². The van der Waals surface area contributed by atoms with Gasteiger partial charge in [-0.3, -0.25) is 9.59 Å². The van der Waals surface area contributed by atoms with E-state index >= 15 is 0 Å². The van der Waals surface area contributed by atoms with E-state index in [0.717, 1.165) is 48.3 Å². The number of nitrogens with one attached hydrogen (secondary N) is 2. The number of rotatable bonds is 1. The Morgan fingerprint density at radius 3 is 2.84 bits per heavy atom. The van der Waals surface area contributed by atoms with Gasteiger partial charge in [0.1, 0.15) is 0 Å². The molecule has 5 heteroatoms. The van der Waals surface area contributed by atoms with Crippen molar-refractivity contribution < 1.29 is 0 Å². The number of hydrogen-bond acceptors (Lipinski definition) is 3. The van der Waals surface area contributed by atoms with Gasteiger partial charge in [-0.25, -0.2) is 0 Å². The Bertz CT molecular complexity index is 1100. The number of aromatic nitrogens is 2. The van der Waals surface area contributed by atoms with Crippen LogP contribution in [0.3, 0.4) is 0 Å². The largest absolute Gasteiger partial charge is 0.329 e. The van der Waals surface area contributed by atoms with Crippen molar-refractivity contribution in [2.24, 2.45) is 5.92 Å². The van der Waals surface area contributed by atoms with Gasteiger partial charge in [0, 0.05) is 42.4 Å². The lowest BCUT2D eigenvalue weighted by atomic mass is 9.83. The molecule has 1 aromatic carbocycles. The summed E-state index contributed by atoms with van der Waals surface area (Å²) >= 11 is 0. The summed E-state index contributed by atoms with van der Waals surface area (Å²) in [4.78, 5) is 27.3. The fourth-order valence-electron chi connectivity index (χ4n) is 4.34. The molecule has 2 N–H and O–H groups in total. The van der Waals surface area contributed by atoms with Crippen LogP contribution < -0.4 is 16.4 Å². The van der Waals surface area contributed by atoms with E-state index in [1.54, 1.807) is 12.3 Å². The molecule has 0 unspecified atom stereocenters. The van der Waals surface area contributed by atoms with Crippen molar-refractivity contribution in [2.75, 3.05) is 13.1 Å². The summed E-state index contributed by atoms with van der Waals surface area (Å²) in [7, 11) is 0. The average Bonchev–Trinajstić information content (AvgIpc) is 2.63. The summed E-state index contributed by atoms with van der Waals surface area (Å²) < 4.78 is 1.95. The normalized spacial score (nSPS) is 21.9. The Labute approximate surface area is 144 Å². The molecule has 126 valence electrons. The maximum atomic E-state index is 12.7. The third-order valence-corrected chi connectivity index (χ3v) is 5.57. The summed E-state index contributed by atoms with van der Waals surface area (Å²) in [5.74, 6) is 0.964. The molecule has 0 saturated carbocycles. The van der Waals surface area contributed by atoms with Crippen molar-refractivity contribution in [1.29, 1.82) is 0 Å². The fourth-order valence-corrected chi connectivity index (χ4v) is 4.34. The minimum absolute atomic E-state index is 0.0788. The Morgan fingerprint density at radius 2 is 1.92 bits per heavy atom. The summed E-state index contributed by atoms with van der Waals surface area (Å²) in [5, 5.41) is 5.04. The number of H-pyrrole nitrogens is 1. The number of piperidine rings is 1. The number of benzene rings is 1. The average molecular weight is 333 g/mol. The lowest BCUT2D eigenvalue weighted by Gasteiger charge is -2.37. The van der Waals surface area contributed by atoms with Crippen molar-refractivity contribution in [3.05, 3.63) is 69.0 Å². The van der Waals surface area contributed by atoms with E-state index in [4.69, 9.17) is 0 Å². The zero-order valence-electron chi connectivity index (χ0n) is 13.8. The molecule has 2 bridgehead atoms. The molecule has 0 amide bonds. The van der Waals surface area contributed by atoms with Crippen LogP contribution in [0.4, 0.5) is 0 Å². The number of fused-ring (bicyclic) bond motifs is 5. The fraction of sp³-hybridized carbons (Fsp3) is 0.300. The van der Waals surface area contributed by atoms with Crippen molar-refractivity contribution in [2.45, 2.75) is 18.9 Å². The van der Waals surface area contributed by atoms with Crippen LogP contribution in [0.1, 0.15) is 18.0 Å². The molecule has 2 aliphatic heterocycles. The zero-order chi connectivity index (χ0) is 17.0. The van der Waals surface area contributed by atoms with E-state index in [-0.39, 0.29) is 11.1 Å². The van der Waals surface area contributed by atoms with Crippen LogP contribution in [0.5, 0.6) is 0 Å². The van der Waals surface area contributed by atoms with Crippen LogP contribution in [0.25, 0.3) is 21.9 Å². The van der Waals surface area contributed by atoms with Crippen LogP contribution in [0.2, 0.25) is 0 Å². The summed E-state index contributed by atoms with van der Waals surface area (Å²) in [6, 6.07) is 11.5. The SMILES string of the molecule is O=c1[nH]ccc2cc(-c3cc4n(c(=O)c3)C[C@@H]3CNC[C@H]4C3)ccc12. The van der Waals surface area contributed by atoms with Gasteiger partial charge in [-0.1, -0.05) is 6.07 Å². The molecule has 3 aromatic rings. The molecule has 1 saturated heterocycles. The van der Waals surface area contributed by atoms with Gasteiger partial charge in [-0.2, -0.15) is 0 Å². The number of nitrogens with zero attached hydrogens (tertiary/aromatic N) is 1. The monoisotopic (exact) mass is 333 g/mol. The van der Waals surface area contributed by atoms with E-state index in [0.29, 0.717) is 17.2 Å². The second-order valence-corrected chi connectivity index (χ2v) is 7.18. The minimum atomic E-state index is -0.0890. The van der Waals surface area contributed by atoms with Gasteiger partial charge in [0.25, 0.3) is 11.1 Å². The quantitative estimate of drug-likeness (QED) is 0.716. The van der Waals surface area contributed by atoms with E-state index in [1.807, 2.05) is 28.8 Å². The first kappa shape index (κ1) is 14.7. The van der Waals surface area contributed by atoms with E-state index in [1.165, 1.54) is 0 Å². The van der Waals surface area contributed by atoms with Gasteiger partial charge < -0.3 is 14.9 Å². The summed E-state index contributed by atoms with van der Waals surface area (Å²) in [6.07, 6.45) is 2.81. The highest BCUT2D eigenvalue weighted by Crippen LogP contribution is 2.34. The number of aromatic amines is 1. The predicted molar refractivity (Wildman–Crippen MR) is 98.0 cm³/mol. The van der Waals surface area contributed by atoms with Gasteiger partial charge in [0.2, 0.25) is 0 Å². The van der Waals surface area contributed by atoms with Gasteiger partial charge in [0.05, 0.1) is 0 Å². The molecule has 0 spiro atoms. The Morgan fingerprint density at radius 1 is 1.00 bits per heavy atom. The molecule has 2 atom stereocenters. The van der Waals surface area contributed by atoms with E-state index in [2.05, 4.69) is 16.4 Å². The van der Waals surface area contributed by atoms with Crippen molar-refractivity contribution in [3.63, 3.8) is 0 Å². The third kappa shape index (κ3) is 2.35. The lowest BCUT2D eigenvalue weighted by molar-refractivity contribution is 0.257. The third-order valence-electron chi connectivity index (χ3n) is 5.57. The van der Waals surface area contributed by atoms with Gasteiger partial charge in [-0.05, 0) is 59.7 Å². The molecule has 4 heterocycles. The van der Waals surface area contributed by atoms with E-state index < -0.39 is 0 Å². The standard InChI is InChI=1S/C20H19N3O2/c24-19-8-15(7-18-16-5-12(9-21-10-16)11-23(18)19)13-1-2-17-14(6-13)3-4-22-20(17)25/h1-4,6-8,12,16,21H,5,9-11H2,(H,22,25)/t12-,16+/m0/s1. The summed E-state index contributed by atoms with van der Waals surface area (Å²) in [6.45, 7) is 2.75. The first-order valence-corrected chi connectivity index (χ1v) is 8.76. The van der Waals surface area contributed by atoms with Crippen LogP contribution in [-0.2, 0) is 6.54 Å². The molecule has 0 aliphatic carbocycles. The van der Waals surface area contributed by atoms with Crippen LogP contribution in [0, 0.1) is 5.92 Å². The number of pyridine rings is 2. The molecule has 2 aliphatic rings. The highest BCUT2D eigenvalue weighted by Gasteiger charge is 2.31. The maximum absolute atomic E-state index is 12.7. The first-order chi connectivity index (χ1) is 12.2. The van der Waals surface area contributed by atoms with Gasteiger partial charge >= 0.3 is 0 Å².